The first-order valence-corrected chi connectivity index (χ1v) is 13.0. The number of nitrogens with zero attached hydrogens (tertiary/aromatic N) is 5. The molecule has 0 saturated heterocycles. The zero-order valence-corrected chi connectivity index (χ0v) is 20.5. The first kappa shape index (κ1) is 24.2. The molecule has 4 rings (SSSR count). The highest BCUT2D eigenvalue weighted by atomic mass is 35.5. The van der Waals surface area contributed by atoms with Crippen LogP contribution in [0.3, 0.4) is 0 Å². The fourth-order valence-electron chi connectivity index (χ4n) is 3.83. The number of anilines is 3. The van der Waals surface area contributed by atoms with Gasteiger partial charge in [0.15, 0.2) is 5.82 Å². The van der Waals surface area contributed by atoms with Gasteiger partial charge in [0.1, 0.15) is 23.3 Å². The van der Waals surface area contributed by atoms with Crippen LogP contribution in [-0.4, -0.2) is 35.7 Å². The number of benzene rings is 1. The molecular weight excluding hydrogens is 499 g/mol. The first-order chi connectivity index (χ1) is 16.2. The average molecular weight is 521 g/mol. The lowest BCUT2D eigenvalue weighted by molar-refractivity contribution is 0.538. The summed E-state index contributed by atoms with van der Waals surface area (Å²) in [5.41, 5.74) is 11.6. The number of nitrogen functional groups attached to an aromatic ring is 2. The van der Waals surface area contributed by atoms with Gasteiger partial charge >= 0.3 is 0 Å². The fraction of sp³-hybridized carbons (Fsp3) is 0.381. The summed E-state index contributed by atoms with van der Waals surface area (Å²) in [4.78, 5) is 26.4. The van der Waals surface area contributed by atoms with Crippen molar-refractivity contribution in [3.8, 4) is 6.07 Å². The zero-order chi connectivity index (χ0) is 24.6. The van der Waals surface area contributed by atoms with E-state index >= 15 is 0 Å². The molecule has 178 valence electrons. The van der Waals surface area contributed by atoms with E-state index in [1.807, 2.05) is 6.07 Å². The second-order valence-electron chi connectivity index (χ2n) is 8.07. The monoisotopic (exact) mass is 520 g/mol. The molecule has 5 N–H and O–H groups in total. The molecule has 1 aromatic carbocycles. The predicted octanol–water partition coefficient (Wildman–Crippen LogP) is 2.86. The van der Waals surface area contributed by atoms with Crippen molar-refractivity contribution in [3.63, 3.8) is 0 Å². The van der Waals surface area contributed by atoms with E-state index in [-0.39, 0.29) is 51.6 Å². The fourth-order valence-corrected chi connectivity index (χ4v) is 4.80. The van der Waals surface area contributed by atoms with Crippen LogP contribution >= 0.6 is 23.2 Å². The minimum Gasteiger partial charge on any atom is -0.382 e. The minimum absolute atomic E-state index is 0.0452. The molecule has 1 saturated carbocycles. The first-order valence-electron chi connectivity index (χ1n) is 10.5. The second-order valence-corrected chi connectivity index (χ2v) is 10.4. The van der Waals surface area contributed by atoms with E-state index in [4.69, 9.17) is 39.7 Å². The van der Waals surface area contributed by atoms with Crippen LogP contribution in [-0.2, 0) is 17.3 Å². The van der Waals surface area contributed by atoms with E-state index in [1.54, 1.807) is 18.4 Å². The highest BCUT2D eigenvalue weighted by Crippen LogP contribution is 2.43. The van der Waals surface area contributed by atoms with Crippen LogP contribution in [0.4, 0.5) is 17.6 Å². The van der Waals surface area contributed by atoms with Crippen LogP contribution < -0.4 is 22.3 Å². The van der Waals surface area contributed by atoms with Crippen molar-refractivity contribution in [2.24, 2.45) is 5.92 Å². The molecule has 1 aliphatic rings. The predicted molar refractivity (Wildman–Crippen MR) is 134 cm³/mol. The molecule has 13 heteroatoms. The number of rotatable bonds is 8. The molecular formula is C21H22Cl2N8O2S. The molecule has 1 aliphatic carbocycles. The van der Waals surface area contributed by atoms with Gasteiger partial charge in [-0.15, -0.1) is 0 Å². The summed E-state index contributed by atoms with van der Waals surface area (Å²) in [6.07, 6.45) is 3.87. The Bertz CT molecular complexity index is 1400. The van der Waals surface area contributed by atoms with Gasteiger partial charge in [0.25, 0.3) is 5.56 Å². The van der Waals surface area contributed by atoms with Gasteiger partial charge in [-0.1, -0.05) is 23.2 Å². The maximum Gasteiger partial charge on any atom is 0.263 e. The Morgan fingerprint density at radius 1 is 1.26 bits per heavy atom. The molecule has 1 unspecified atom stereocenters. The van der Waals surface area contributed by atoms with Gasteiger partial charge < -0.3 is 16.8 Å². The van der Waals surface area contributed by atoms with Gasteiger partial charge in [0, 0.05) is 29.4 Å². The van der Waals surface area contributed by atoms with E-state index < -0.39 is 16.8 Å². The summed E-state index contributed by atoms with van der Waals surface area (Å²) in [6, 6.07) is 4.66. The van der Waals surface area contributed by atoms with Crippen LogP contribution in [0.5, 0.6) is 0 Å². The standard InChI is InChI=1S/C21H22Cl2N8O2S/c1-34(33)8-2-7-31-19(28-16-13(23)6-5-12(22)14(16)20(31)32)15(10-3-4-10)27-18-11(9-24)17(25)29-21(26)30-18/h5-6,10,15H,2-4,7-8H2,1H3,(H5,25,26,27,29,30)/t15-,34?/m0/s1. The molecule has 0 radical (unpaired) electrons. The number of fused-ring (bicyclic) bond motifs is 1. The van der Waals surface area contributed by atoms with Gasteiger partial charge in [-0.2, -0.15) is 15.2 Å². The van der Waals surface area contributed by atoms with Gasteiger partial charge in [-0.3, -0.25) is 13.6 Å². The van der Waals surface area contributed by atoms with E-state index in [0.29, 0.717) is 28.5 Å². The Labute approximate surface area is 207 Å². The highest BCUT2D eigenvalue weighted by Gasteiger charge is 2.37. The normalized spacial score (nSPS) is 15.1. The molecule has 34 heavy (non-hydrogen) atoms. The van der Waals surface area contributed by atoms with Crippen molar-refractivity contribution in [1.29, 1.82) is 5.26 Å². The van der Waals surface area contributed by atoms with Crippen molar-refractivity contribution >= 4 is 62.5 Å². The minimum atomic E-state index is -1.02. The van der Waals surface area contributed by atoms with Crippen molar-refractivity contribution in [2.45, 2.75) is 31.8 Å². The number of hydrogen-bond acceptors (Lipinski definition) is 9. The Morgan fingerprint density at radius 2 is 1.97 bits per heavy atom. The van der Waals surface area contributed by atoms with Gasteiger partial charge in [0.05, 0.1) is 27.0 Å². The average Bonchev–Trinajstić information content (AvgIpc) is 3.60. The number of nitriles is 1. The third kappa shape index (κ3) is 4.80. The number of hydrogen-bond donors (Lipinski definition) is 3. The van der Waals surface area contributed by atoms with Gasteiger partial charge in [0.2, 0.25) is 5.95 Å². The molecule has 0 spiro atoms. The lowest BCUT2D eigenvalue weighted by Gasteiger charge is -2.24. The quantitative estimate of drug-likeness (QED) is 0.404. The lowest BCUT2D eigenvalue weighted by atomic mass is 10.1. The van der Waals surface area contributed by atoms with E-state index in [2.05, 4.69) is 15.3 Å². The molecule has 0 bridgehead atoms. The largest absolute Gasteiger partial charge is 0.382 e. The van der Waals surface area contributed by atoms with Crippen molar-refractivity contribution in [3.05, 3.63) is 43.9 Å². The third-order valence-corrected chi connectivity index (χ3v) is 7.07. The highest BCUT2D eigenvalue weighted by molar-refractivity contribution is 7.84. The second kappa shape index (κ2) is 9.74. The summed E-state index contributed by atoms with van der Waals surface area (Å²) in [6.45, 7) is 0.281. The lowest BCUT2D eigenvalue weighted by Crippen LogP contribution is -2.31. The number of aromatic nitrogens is 4. The van der Waals surface area contributed by atoms with Crippen LogP contribution in [0.2, 0.25) is 10.0 Å². The maximum absolute atomic E-state index is 13.6. The summed E-state index contributed by atoms with van der Waals surface area (Å²) >= 11 is 12.7. The summed E-state index contributed by atoms with van der Waals surface area (Å²) in [5, 5.41) is 13.6. The van der Waals surface area contributed by atoms with E-state index in [0.717, 1.165) is 12.8 Å². The Morgan fingerprint density at radius 3 is 2.62 bits per heavy atom. The molecule has 0 amide bonds. The summed E-state index contributed by atoms with van der Waals surface area (Å²) < 4.78 is 13.2. The van der Waals surface area contributed by atoms with Crippen LogP contribution in [0.1, 0.15) is 36.7 Å². The van der Waals surface area contributed by atoms with Gasteiger partial charge in [-0.05, 0) is 37.3 Å². The summed E-state index contributed by atoms with van der Waals surface area (Å²) in [5.74, 6) is 1.00. The number of halogens is 2. The van der Waals surface area contributed by atoms with E-state index in [1.165, 1.54) is 4.57 Å². The van der Waals surface area contributed by atoms with Crippen LogP contribution in [0.25, 0.3) is 10.9 Å². The third-order valence-electron chi connectivity index (χ3n) is 5.58. The number of nitrogens with one attached hydrogen (secondary N) is 1. The number of nitrogens with two attached hydrogens (primary N) is 2. The SMILES string of the molecule is CS(=O)CCCn1c([C@@H](Nc2nc(N)nc(N)c2C#N)C2CC2)nc2c(Cl)ccc(Cl)c2c1=O. The Balaban J connectivity index is 1.90. The van der Waals surface area contributed by atoms with E-state index in [9.17, 15) is 14.3 Å². The maximum atomic E-state index is 13.6. The molecule has 1 fully saturated rings. The molecule has 10 nitrogen and oxygen atoms in total. The van der Waals surface area contributed by atoms with Crippen LogP contribution in [0, 0.1) is 17.2 Å². The van der Waals surface area contributed by atoms with Crippen LogP contribution in [0.15, 0.2) is 16.9 Å². The molecule has 2 atom stereocenters. The van der Waals surface area contributed by atoms with Gasteiger partial charge in [-0.25, -0.2) is 4.98 Å². The van der Waals surface area contributed by atoms with Crippen molar-refractivity contribution in [1.82, 2.24) is 19.5 Å². The molecule has 2 aromatic heterocycles. The topological polar surface area (TPSA) is 166 Å². The van der Waals surface area contributed by atoms with Crippen molar-refractivity contribution < 1.29 is 4.21 Å². The Kier molecular flexibility index (Phi) is 6.93. The zero-order valence-electron chi connectivity index (χ0n) is 18.2. The molecule has 0 aliphatic heterocycles. The molecule has 2 heterocycles. The molecule has 3 aromatic rings. The smallest absolute Gasteiger partial charge is 0.263 e. The van der Waals surface area contributed by atoms with Crippen molar-refractivity contribution in [2.75, 3.05) is 28.8 Å². The summed E-state index contributed by atoms with van der Waals surface area (Å²) in [7, 11) is -1.02. The Hall–Kier alpha value is -2.94.